The summed E-state index contributed by atoms with van der Waals surface area (Å²) in [6.07, 6.45) is 1.97. The minimum atomic E-state index is 0. The Hall–Kier alpha value is -2.00. The van der Waals surface area contributed by atoms with Crippen molar-refractivity contribution in [2.24, 2.45) is 0 Å². The summed E-state index contributed by atoms with van der Waals surface area (Å²) in [5, 5.41) is 0. The van der Waals surface area contributed by atoms with Crippen LogP contribution < -0.4 is 5.73 Å². The molecule has 3 nitrogen and oxygen atoms in total. The Morgan fingerprint density at radius 2 is 1.65 bits per heavy atom. The zero-order chi connectivity index (χ0) is 11.0. The highest BCUT2D eigenvalue weighted by atomic mass is 35.5. The lowest BCUT2D eigenvalue weighted by molar-refractivity contribution is 1.19. The molecule has 0 aliphatic carbocycles. The highest BCUT2D eigenvalue weighted by molar-refractivity contribution is 5.85. The van der Waals surface area contributed by atoms with Crippen molar-refractivity contribution in [2.75, 3.05) is 5.73 Å². The predicted molar refractivity (Wildman–Crippen MR) is 72.3 cm³/mol. The molecule has 0 radical (unpaired) electrons. The highest BCUT2D eigenvalue weighted by Gasteiger charge is 2.09. The summed E-state index contributed by atoms with van der Waals surface area (Å²) < 4.78 is 2.00. The van der Waals surface area contributed by atoms with Gasteiger partial charge in [-0.1, -0.05) is 36.4 Å². The van der Waals surface area contributed by atoms with Gasteiger partial charge in [-0.2, -0.15) is 0 Å². The third kappa shape index (κ3) is 1.85. The maximum Gasteiger partial charge on any atom is 0.150 e. The van der Waals surface area contributed by atoms with E-state index in [1.807, 2.05) is 59.1 Å². The first kappa shape index (κ1) is 11.5. The van der Waals surface area contributed by atoms with Crippen LogP contribution >= 0.6 is 12.4 Å². The van der Waals surface area contributed by atoms with E-state index in [2.05, 4.69) is 4.98 Å². The molecule has 0 bridgehead atoms. The fraction of sp³-hybridized carbons (Fsp3) is 0. The maximum atomic E-state index is 5.95. The largest absolute Gasteiger partial charge is 0.382 e. The first-order valence-electron chi connectivity index (χ1n) is 5.14. The lowest BCUT2D eigenvalue weighted by Gasteiger charge is -2.01. The second-order valence-corrected chi connectivity index (χ2v) is 3.64. The first-order chi connectivity index (χ1) is 7.86. The lowest BCUT2D eigenvalue weighted by Crippen LogP contribution is -1.91. The summed E-state index contributed by atoms with van der Waals surface area (Å²) in [4.78, 5) is 4.33. The molecule has 17 heavy (non-hydrogen) atoms. The molecule has 2 N–H and O–H groups in total. The molecule has 0 saturated carbocycles. The summed E-state index contributed by atoms with van der Waals surface area (Å²) in [7, 11) is 0. The molecule has 0 aliphatic heterocycles. The van der Waals surface area contributed by atoms with Crippen LogP contribution in [0.3, 0.4) is 0 Å². The van der Waals surface area contributed by atoms with Gasteiger partial charge in [-0.15, -0.1) is 12.4 Å². The van der Waals surface area contributed by atoms with Gasteiger partial charge < -0.3 is 5.73 Å². The second-order valence-electron chi connectivity index (χ2n) is 3.64. The van der Waals surface area contributed by atoms with Gasteiger partial charge in [-0.3, -0.25) is 4.40 Å². The van der Waals surface area contributed by atoms with Gasteiger partial charge in [0.25, 0.3) is 0 Å². The molecule has 0 fully saturated rings. The number of fused-ring (bicyclic) bond motifs is 1. The SMILES string of the molecule is Cl.Nc1nc2ccccn2c1-c1ccccc1. The van der Waals surface area contributed by atoms with Crippen LogP contribution in [0.25, 0.3) is 16.9 Å². The molecule has 3 aromatic rings. The number of halogens is 1. The number of imidazole rings is 1. The van der Waals surface area contributed by atoms with Crippen LogP contribution in [0.2, 0.25) is 0 Å². The summed E-state index contributed by atoms with van der Waals surface area (Å²) in [5.74, 6) is 0.567. The van der Waals surface area contributed by atoms with E-state index in [-0.39, 0.29) is 12.4 Å². The molecule has 86 valence electrons. The Kier molecular flexibility index (Phi) is 3.02. The van der Waals surface area contributed by atoms with Gasteiger partial charge in [0.05, 0.1) is 5.69 Å². The van der Waals surface area contributed by atoms with Gasteiger partial charge in [0.15, 0.2) is 5.82 Å². The number of hydrogen-bond acceptors (Lipinski definition) is 2. The van der Waals surface area contributed by atoms with Gasteiger partial charge in [0, 0.05) is 11.8 Å². The van der Waals surface area contributed by atoms with Gasteiger partial charge in [0.2, 0.25) is 0 Å². The van der Waals surface area contributed by atoms with E-state index >= 15 is 0 Å². The van der Waals surface area contributed by atoms with Crippen molar-refractivity contribution < 1.29 is 0 Å². The van der Waals surface area contributed by atoms with Gasteiger partial charge in [0.1, 0.15) is 5.65 Å². The molecule has 0 unspecified atom stereocenters. The number of anilines is 1. The van der Waals surface area contributed by atoms with Crippen molar-refractivity contribution in [1.82, 2.24) is 9.38 Å². The molecule has 1 aromatic carbocycles. The quantitative estimate of drug-likeness (QED) is 0.716. The Labute approximate surface area is 105 Å². The molecular weight excluding hydrogens is 234 g/mol. The Bertz CT molecular complexity index is 631. The van der Waals surface area contributed by atoms with Crippen molar-refractivity contribution in [1.29, 1.82) is 0 Å². The normalized spacial score (nSPS) is 10.1. The van der Waals surface area contributed by atoms with E-state index in [0.717, 1.165) is 16.9 Å². The fourth-order valence-electron chi connectivity index (χ4n) is 1.90. The Balaban J connectivity index is 0.00000108. The number of nitrogens with zero attached hydrogens (tertiary/aromatic N) is 2. The van der Waals surface area contributed by atoms with Crippen LogP contribution in [0.5, 0.6) is 0 Å². The van der Waals surface area contributed by atoms with Gasteiger partial charge in [-0.05, 0) is 12.1 Å². The number of pyridine rings is 1. The fourth-order valence-corrected chi connectivity index (χ4v) is 1.90. The van der Waals surface area contributed by atoms with Gasteiger partial charge >= 0.3 is 0 Å². The summed E-state index contributed by atoms with van der Waals surface area (Å²) in [6.45, 7) is 0. The monoisotopic (exact) mass is 245 g/mol. The van der Waals surface area contributed by atoms with Crippen molar-refractivity contribution >= 4 is 23.9 Å². The smallest absolute Gasteiger partial charge is 0.150 e. The average molecular weight is 246 g/mol. The van der Waals surface area contributed by atoms with Crippen LogP contribution in [-0.4, -0.2) is 9.38 Å². The molecule has 4 heteroatoms. The number of nitrogen functional groups attached to an aromatic ring is 1. The van der Waals surface area contributed by atoms with Crippen molar-refractivity contribution in [2.45, 2.75) is 0 Å². The van der Waals surface area contributed by atoms with E-state index in [9.17, 15) is 0 Å². The zero-order valence-corrected chi connectivity index (χ0v) is 9.89. The van der Waals surface area contributed by atoms with Crippen molar-refractivity contribution in [3.05, 3.63) is 54.7 Å². The molecule has 0 saturated heterocycles. The molecule has 2 aromatic heterocycles. The standard InChI is InChI=1S/C13H11N3.ClH/c14-13-12(10-6-2-1-3-7-10)16-9-5-4-8-11(16)15-13;/h1-9H,14H2;1H. The molecule has 3 rings (SSSR count). The second kappa shape index (κ2) is 4.47. The van der Waals surface area contributed by atoms with E-state index in [4.69, 9.17) is 5.73 Å². The topological polar surface area (TPSA) is 43.3 Å². The van der Waals surface area contributed by atoms with Crippen LogP contribution in [0.4, 0.5) is 5.82 Å². The molecular formula is C13H12ClN3. The number of rotatable bonds is 1. The molecule has 2 heterocycles. The Morgan fingerprint density at radius 3 is 2.41 bits per heavy atom. The number of nitrogens with two attached hydrogens (primary N) is 1. The lowest BCUT2D eigenvalue weighted by atomic mass is 10.1. The van der Waals surface area contributed by atoms with E-state index < -0.39 is 0 Å². The summed E-state index contributed by atoms with van der Waals surface area (Å²) >= 11 is 0. The third-order valence-corrected chi connectivity index (χ3v) is 2.60. The molecule has 0 atom stereocenters. The zero-order valence-electron chi connectivity index (χ0n) is 9.08. The average Bonchev–Trinajstić information content (AvgIpc) is 2.66. The summed E-state index contributed by atoms with van der Waals surface area (Å²) in [5.41, 5.74) is 8.86. The number of hydrogen-bond donors (Lipinski definition) is 1. The highest BCUT2D eigenvalue weighted by Crippen LogP contribution is 2.26. The minimum Gasteiger partial charge on any atom is -0.382 e. The van der Waals surface area contributed by atoms with Crippen molar-refractivity contribution in [3.63, 3.8) is 0 Å². The van der Waals surface area contributed by atoms with Crippen LogP contribution in [0, 0.1) is 0 Å². The summed E-state index contributed by atoms with van der Waals surface area (Å²) in [6, 6.07) is 15.9. The van der Waals surface area contributed by atoms with Gasteiger partial charge in [-0.25, -0.2) is 4.98 Å². The van der Waals surface area contributed by atoms with E-state index in [1.54, 1.807) is 0 Å². The molecule has 0 aliphatic rings. The third-order valence-electron chi connectivity index (χ3n) is 2.60. The molecule has 0 amide bonds. The predicted octanol–water partition coefficient (Wildman–Crippen LogP) is 3.01. The van der Waals surface area contributed by atoms with Crippen LogP contribution in [0.1, 0.15) is 0 Å². The molecule has 0 spiro atoms. The van der Waals surface area contributed by atoms with E-state index in [1.165, 1.54) is 0 Å². The van der Waals surface area contributed by atoms with Crippen LogP contribution in [0.15, 0.2) is 54.7 Å². The Morgan fingerprint density at radius 1 is 0.941 bits per heavy atom. The first-order valence-corrected chi connectivity index (χ1v) is 5.14. The number of aromatic nitrogens is 2. The van der Waals surface area contributed by atoms with Crippen LogP contribution in [-0.2, 0) is 0 Å². The maximum absolute atomic E-state index is 5.95. The number of benzene rings is 1. The van der Waals surface area contributed by atoms with E-state index in [0.29, 0.717) is 5.82 Å². The minimum absolute atomic E-state index is 0. The van der Waals surface area contributed by atoms with Crippen molar-refractivity contribution in [3.8, 4) is 11.3 Å².